The maximum absolute atomic E-state index is 11.4. The van der Waals surface area contributed by atoms with Gasteiger partial charge < -0.3 is 5.11 Å². The first-order valence-electron chi connectivity index (χ1n) is 9.27. The van der Waals surface area contributed by atoms with Crippen molar-refractivity contribution in [2.75, 3.05) is 13.1 Å². The van der Waals surface area contributed by atoms with Gasteiger partial charge in [-0.25, -0.2) is 0 Å². The highest BCUT2D eigenvalue weighted by Crippen LogP contribution is 2.39. The molecule has 136 valence electrons. The Morgan fingerprint density at radius 3 is 2.21 bits per heavy atom. The summed E-state index contributed by atoms with van der Waals surface area (Å²) >= 11 is 1.99. The topological polar surface area (TPSA) is 23.5 Å². The second-order valence-corrected chi connectivity index (χ2v) is 10.4. The smallest absolute Gasteiger partial charge is 0.0923 e. The van der Waals surface area contributed by atoms with Crippen molar-refractivity contribution < 1.29 is 5.11 Å². The average molecular weight is 350 g/mol. The molecule has 1 N–H and O–H groups in total. The fourth-order valence-corrected chi connectivity index (χ4v) is 4.29. The van der Waals surface area contributed by atoms with E-state index in [1.54, 1.807) is 0 Å². The first-order chi connectivity index (χ1) is 11.1. The van der Waals surface area contributed by atoms with Gasteiger partial charge in [-0.3, -0.25) is 4.90 Å². The van der Waals surface area contributed by atoms with Crippen molar-refractivity contribution in [3.8, 4) is 0 Å². The number of likely N-dealkylation sites (tertiary alicyclic amines) is 1. The van der Waals surface area contributed by atoms with Crippen molar-refractivity contribution in [1.29, 1.82) is 0 Å². The average Bonchev–Trinajstić information content (AvgIpc) is 2.53. The zero-order valence-electron chi connectivity index (χ0n) is 16.4. The predicted octanol–water partition coefficient (Wildman–Crippen LogP) is 5.19. The molecule has 0 radical (unpaired) electrons. The molecule has 0 atom stereocenters. The van der Waals surface area contributed by atoms with Gasteiger partial charge in [0, 0.05) is 29.1 Å². The minimum absolute atomic E-state index is 0.182. The summed E-state index contributed by atoms with van der Waals surface area (Å²) in [7, 11) is 0. The Kier molecular flexibility index (Phi) is 6.10. The molecule has 1 aliphatic rings. The molecule has 0 unspecified atom stereocenters. The van der Waals surface area contributed by atoms with E-state index < -0.39 is 5.60 Å². The van der Waals surface area contributed by atoms with Gasteiger partial charge in [-0.15, -0.1) is 0 Å². The second kappa shape index (κ2) is 7.39. The number of aliphatic hydroxyl groups is 1. The maximum atomic E-state index is 11.4. The summed E-state index contributed by atoms with van der Waals surface area (Å²) < 4.78 is 0.283. The molecular formula is C21H35NOS. The van der Waals surface area contributed by atoms with Crippen LogP contribution in [-0.2, 0) is 11.4 Å². The van der Waals surface area contributed by atoms with E-state index in [4.69, 9.17) is 0 Å². The molecule has 0 amide bonds. The van der Waals surface area contributed by atoms with E-state index in [0.29, 0.717) is 0 Å². The lowest BCUT2D eigenvalue weighted by Crippen LogP contribution is -2.50. The molecule has 1 heterocycles. The molecule has 0 bridgehead atoms. The molecule has 0 saturated carbocycles. The number of piperidine rings is 1. The van der Waals surface area contributed by atoms with Crippen LogP contribution in [0.1, 0.15) is 71.9 Å². The maximum Gasteiger partial charge on any atom is 0.0923 e. The molecule has 24 heavy (non-hydrogen) atoms. The number of hydrogen-bond acceptors (Lipinski definition) is 3. The Bertz CT molecular complexity index is 539. The van der Waals surface area contributed by atoms with Crippen LogP contribution in [0.2, 0.25) is 0 Å². The van der Waals surface area contributed by atoms with Crippen LogP contribution < -0.4 is 0 Å². The van der Waals surface area contributed by atoms with E-state index in [1.807, 2.05) is 11.8 Å². The summed E-state index contributed by atoms with van der Waals surface area (Å²) in [5.74, 6) is 0.975. The third-order valence-electron chi connectivity index (χ3n) is 5.53. The van der Waals surface area contributed by atoms with Crippen LogP contribution in [0.5, 0.6) is 0 Å². The molecule has 1 aliphatic heterocycles. The molecular weight excluding hydrogens is 314 g/mol. The van der Waals surface area contributed by atoms with E-state index in [2.05, 4.69) is 70.7 Å². The third-order valence-corrected chi connectivity index (χ3v) is 7.05. The van der Waals surface area contributed by atoms with Crippen molar-refractivity contribution in [3.05, 3.63) is 35.4 Å². The van der Waals surface area contributed by atoms with E-state index in [-0.39, 0.29) is 10.3 Å². The van der Waals surface area contributed by atoms with Gasteiger partial charge >= 0.3 is 0 Å². The highest BCUT2D eigenvalue weighted by atomic mass is 32.2. The first kappa shape index (κ1) is 19.8. The predicted molar refractivity (Wildman–Crippen MR) is 107 cm³/mol. The summed E-state index contributed by atoms with van der Waals surface area (Å²) in [4.78, 5) is 2.49. The van der Waals surface area contributed by atoms with Gasteiger partial charge in [0.25, 0.3) is 0 Å². The monoisotopic (exact) mass is 349 g/mol. The van der Waals surface area contributed by atoms with Crippen molar-refractivity contribution in [2.24, 2.45) is 0 Å². The molecule has 2 rings (SSSR count). The Morgan fingerprint density at radius 1 is 1.08 bits per heavy atom. The number of benzene rings is 1. The van der Waals surface area contributed by atoms with Gasteiger partial charge in [-0.05, 0) is 51.2 Å². The summed E-state index contributed by atoms with van der Waals surface area (Å²) in [6.45, 7) is 15.5. The van der Waals surface area contributed by atoms with Gasteiger partial charge in [0.15, 0.2) is 0 Å². The minimum Gasteiger partial charge on any atom is -0.385 e. The van der Waals surface area contributed by atoms with Crippen molar-refractivity contribution in [3.63, 3.8) is 0 Å². The van der Waals surface area contributed by atoms with Gasteiger partial charge in [0.05, 0.1) is 5.60 Å². The van der Waals surface area contributed by atoms with E-state index in [1.165, 1.54) is 5.56 Å². The van der Waals surface area contributed by atoms with Crippen LogP contribution in [0.4, 0.5) is 0 Å². The van der Waals surface area contributed by atoms with E-state index in [0.717, 1.165) is 43.7 Å². The van der Waals surface area contributed by atoms with Crippen LogP contribution >= 0.6 is 11.8 Å². The Hall–Kier alpha value is -0.510. The van der Waals surface area contributed by atoms with Crippen LogP contribution in [0, 0.1) is 0 Å². The summed E-state index contributed by atoms with van der Waals surface area (Å²) in [6, 6.07) is 8.51. The molecule has 1 aromatic carbocycles. The van der Waals surface area contributed by atoms with Gasteiger partial charge in [0.2, 0.25) is 0 Å². The highest BCUT2D eigenvalue weighted by Gasteiger charge is 2.38. The molecule has 0 aliphatic carbocycles. The quantitative estimate of drug-likeness (QED) is 0.791. The minimum atomic E-state index is -0.671. The van der Waals surface area contributed by atoms with Crippen LogP contribution in [0.3, 0.4) is 0 Å². The van der Waals surface area contributed by atoms with Crippen LogP contribution in [0.15, 0.2) is 24.3 Å². The highest BCUT2D eigenvalue weighted by molar-refractivity contribution is 7.99. The lowest BCUT2D eigenvalue weighted by Gasteiger charge is -2.45. The van der Waals surface area contributed by atoms with Gasteiger partial charge in [-0.1, -0.05) is 45.0 Å². The number of hydrogen-bond donors (Lipinski definition) is 1. The van der Waals surface area contributed by atoms with Crippen molar-refractivity contribution in [2.45, 2.75) is 82.4 Å². The zero-order chi connectivity index (χ0) is 18.0. The summed E-state index contributed by atoms with van der Waals surface area (Å²) in [5, 5.41) is 11.4. The third kappa shape index (κ3) is 4.77. The first-order valence-corrected chi connectivity index (χ1v) is 10.3. The summed E-state index contributed by atoms with van der Waals surface area (Å²) in [6.07, 6.45) is 2.80. The normalized spacial score (nSPS) is 19.5. The van der Waals surface area contributed by atoms with E-state index in [9.17, 15) is 5.11 Å². The Balaban J connectivity index is 2.14. The lowest BCUT2D eigenvalue weighted by molar-refractivity contribution is -0.0465. The molecule has 1 aromatic rings. The van der Waals surface area contributed by atoms with E-state index >= 15 is 0 Å². The van der Waals surface area contributed by atoms with Gasteiger partial charge in [-0.2, -0.15) is 11.8 Å². The van der Waals surface area contributed by atoms with Gasteiger partial charge in [0.1, 0.15) is 0 Å². The summed E-state index contributed by atoms with van der Waals surface area (Å²) in [5.41, 5.74) is 1.96. The number of thioether (sulfide) groups is 1. The lowest BCUT2D eigenvalue weighted by atomic mass is 9.81. The standard InChI is InChI=1S/C21H35NOS/c1-7-20(5,6)24-16-17-10-8-9-11-18(17)21(23)12-14-22(15-13-21)19(2,3)4/h8-11,23H,7,12-16H2,1-6H3. The zero-order valence-corrected chi connectivity index (χ0v) is 17.2. The fraction of sp³-hybridized carbons (Fsp3) is 0.714. The largest absolute Gasteiger partial charge is 0.385 e. The Labute approximate surface area is 153 Å². The Morgan fingerprint density at radius 2 is 1.67 bits per heavy atom. The molecule has 1 saturated heterocycles. The van der Waals surface area contributed by atoms with Crippen molar-refractivity contribution >= 4 is 11.8 Å². The number of rotatable bonds is 5. The van der Waals surface area contributed by atoms with Crippen LogP contribution in [0.25, 0.3) is 0 Å². The van der Waals surface area contributed by atoms with Crippen molar-refractivity contribution in [1.82, 2.24) is 4.90 Å². The second-order valence-electron chi connectivity index (χ2n) is 8.75. The molecule has 0 spiro atoms. The number of nitrogens with zero attached hydrogens (tertiary/aromatic N) is 1. The molecule has 0 aromatic heterocycles. The molecule has 1 fully saturated rings. The SMILES string of the molecule is CCC(C)(C)SCc1ccccc1C1(O)CCN(C(C)(C)C)CC1. The molecule has 3 heteroatoms. The van der Waals surface area contributed by atoms with Crippen LogP contribution in [-0.4, -0.2) is 33.4 Å². The molecule has 2 nitrogen and oxygen atoms in total. The fourth-order valence-electron chi connectivity index (χ4n) is 3.29.